The molecule has 0 fully saturated rings. The maximum Gasteiger partial charge on any atom is 0.164 e. The summed E-state index contributed by atoms with van der Waals surface area (Å²) in [6.45, 7) is 5.08. The molecule has 1 aliphatic carbocycles. The quantitative estimate of drug-likeness (QED) is 0.726. The number of fused-ring (bicyclic) bond motifs is 3. The Hall–Kier alpha value is -2.05. The predicted molar refractivity (Wildman–Crippen MR) is 107 cm³/mol. The second kappa shape index (κ2) is 7.29. The van der Waals surface area contributed by atoms with Gasteiger partial charge in [-0.2, -0.15) is 0 Å². The Morgan fingerprint density at radius 2 is 2.27 bits per heavy atom. The molecule has 1 N–H and O–H groups in total. The molecule has 0 aliphatic heterocycles. The minimum atomic E-state index is 0.179. The molecule has 0 aromatic carbocycles. The minimum Gasteiger partial charge on any atom is -0.383 e. The molecular formula is C20H24N4OS. The van der Waals surface area contributed by atoms with E-state index in [0.29, 0.717) is 6.61 Å². The number of anilines is 1. The normalized spacial score (nSPS) is 17.9. The lowest BCUT2D eigenvalue weighted by atomic mass is 9.89. The second-order valence-corrected chi connectivity index (χ2v) is 8.25. The first kappa shape index (κ1) is 17.4. The number of aryl methyl sites for hydroxylation is 1. The van der Waals surface area contributed by atoms with Crippen LogP contribution in [0.5, 0.6) is 0 Å². The van der Waals surface area contributed by atoms with Gasteiger partial charge in [-0.25, -0.2) is 9.97 Å². The minimum absolute atomic E-state index is 0.179. The van der Waals surface area contributed by atoms with Crippen molar-refractivity contribution in [2.45, 2.75) is 39.2 Å². The topological polar surface area (TPSA) is 59.9 Å². The fraction of sp³-hybridized carbons (Fsp3) is 0.450. The Labute approximate surface area is 157 Å². The van der Waals surface area contributed by atoms with Crippen LogP contribution in [0, 0.1) is 5.92 Å². The summed E-state index contributed by atoms with van der Waals surface area (Å²) >= 11 is 1.82. The number of hydrogen-bond donors (Lipinski definition) is 1. The van der Waals surface area contributed by atoms with E-state index in [9.17, 15) is 0 Å². The van der Waals surface area contributed by atoms with Crippen molar-refractivity contribution in [3.8, 4) is 11.4 Å². The number of rotatable bonds is 5. The number of ether oxygens (including phenoxy) is 1. The Kier molecular flexibility index (Phi) is 4.87. The maximum atomic E-state index is 5.30. The van der Waals surface area contributed by atoms with Crippen LogP contribution in [-0.2, 0) is 17.6 Å². The van der Waals surface area contributed by atoms with Crippen molar-refractivity contribution in [1.29, 1.82) is 0 Å². The van der Waals surface area contributed by atoms with Gasteiger partial charge in [-0.1, -0.05) is 6.92 Å². The Balaban J connectivity index is 1.86. The number of methoxy groups -OCH3 is 1. The summed E-state index contributed by atoms with van der Waals surface area (Å²) in [4.78, 5) is 16.5. The van der Waals surface area contributed by atoms with Gasteiger partial charge in [-0.3, -0.25) is 4.98 Å². The molecule has 0 amide bonds. The molecule has 4 rings (SSSR count). The summed E-state index contributed by atoms with van der Waals surface area (Å²) in [5, 5.41) is 4.75. The van der Waals surface area contributed by atoms with Crippen LogP contribution in [0.15, 0.2) is 24.5 Å². The van der Waals surface area contributed by atoms with Crippen molar-refractivity contribution in [2.75, 3.05) is 19.0 Å². The molecule has 0 spiro atoms. The van der Waals surface area contributed by atoms with E-state index in [0.717, 1.165) is 40.8 Å². The Morgan fingerprint density at radius 1 is 1.38 bits per heavy atom. The number of pyridine rings is 1. The van der Waals surface area contributed by atoms with Gasteiger partial charge in [0.05, 0.1) is 12.0 Å². The van der Waals surface area contributed by atoms with E-state index in [-0.39, 0.29) is 6.04 Å². The fourth-order valence-electron chi connectivity index (χ4n) is 3.60. The van der Waals surface area contributed by atoms with Crippen LogP contribution in [0.3, 0.4) is 0 Å². The van der Waals surface area contributed by atoms with E-state index >= 15 is 0 Å². The largest absolute Gasteiger partial charge is 0.383 e. The monoisotopic (exact) mass is 368 g/mol. The Morgan fingerprint density at radius 3 is 3.04 bits per heavy atom. The maximum absolute atomic E-state index is 5.30. The summed E-state index contributed by atoms with van der Waals surface area (Å²) in [7, 11) is 1.72. The van der Waals surface area contributed by atoms with Crippen LogP contribution in [0.1, 0.15) is 30.7 Å². The van der Waals surface area contributed by atoms with Crippen molar-refractivity contribution in [3.05, 3.63) is 35.0 Å². The molecule has 0 unspecified atom stereocenters. The number of hydrogen-bond acceptors (Lipinski definition) is 6. The van der Waals surface area contributed by atoms with Crippen molar-refractivity contribution >= 4 is 27.4 Å². The molecule has 0 radical (unpaired) electrons. The first-order valence-electron chi connectivity index (χ1n) is 9.14. The number of nitrogens with zero attached hydrogens (tertiary/aromatic N) is 3. The molecule has 0 saturated heterocycles. The van der Waals surface area contributed by atoms with Crippen LogP contribution in [0.4, 0.5) is 5.82 Å². The second-order valence-electron chi connectivity index (χ2n) is 7.17. The van der Waals surface area contributed by atoms with Crippen molar-refractivity contribution in [2.24, 2.45) is 5.92 Å². The van der Waals surface area contributed by atoms with E-state index in [4.69, 9.17) is 14.7 Å². The third-order valence-corrected chi connectivity index (χ3v) is 6.02. The smallest absolute Gasteiger partial charge is 0.164 e. The summed E-state index contributed by atoms with van der Waals surface area (Å²) in [5.41, 5.74) is 2.38. The average Bonchev–Trinajstić information content (AvgIpc) is 3.00. The molecule has 5 nitrogen and oxygen atoms in total. The molecule has 6 heteroatoms. The van der Waals surface area contributed by atoms with E-state index in [1.165, 1.54) is 22.2 Å². The van der Waals surface area contributed by atoms with Crippen molar-refractivity contribution in [1.82, 2.24) is 15.0 Å². The highest BCUT2D eigenvalue weighted by Gasteiger charge is 2.24. The van der Waals surface area contributed by atoms with Gasteiger partial charge < -0.3 is 10.1 Å². The van der Waals surface area contributed by atoms with Crippen LogP contribution < -0.4 is 5.32 Å². The van der Waals surface area contributed by atoms with Gasteiger partial charge in [-0.05, 0) is 49.8 Å². The highest BCUT2D eigenvalue weighted by molar-refractivity contribution is 7.19. The predicted octanol–water partition coefficient (Wildman–Crippen LogP) is 4.32. The molecule has 2 atom stereocenters. The van der Waals surface area contributed by atoms with Gasteiger partial charge in [0.1, 0.15) is 10.6 Å². The lowest BCUT2D eigenvalue weighted by molar-refractivity contribution is 0.190. The molecular weight excluding hydrogens is 344 g/mol. The van der Waals surface area contributed by atoms with Crippen molar-refractivity contribution < 1.29 is 4.74 Å². The summed E-state index contributed by atoms with van der Waals surface area (Å²) in [6.07, 6.45) is 7.08. The molecule has 3 aromatic heterocycles. The van der Waals surface area contributed by atoms with Crippen LogP contribution >= 0.6 is 11.3 Å². The lowest BCUT2D eigenvalue weighted by Crippen LogP contribution is -2.22. The van der Waals surface area contributed by atoms with E-state index in [1.807, 2.05) is 29.7 Å². The van der Waals surface area contributed by atoms with E-state index < -0.39 is 0 Å². The van der Waals surface area contributed by atoms with Gasteiger partial charge in [0.2, 0.25) is 0 Å². The SMILES string of the molecule is COC[C@@H](C)Nc1nc(-c2cccnc2)nc2sc3c(c12)CC[C@H](C)C3. The van der Waals surface area contributed by atoms with Crippen LogP contribution in [0.2, 0.25) is 0 Å². The highest BCUT2D eigenvalue weighted by Crippen LogP contribution is 2.41. The summed E-state index contributed by atoms with van der Waals surface area (Å²) in [5.74, 6) is 2.39. The number of aromatic nitrogens is 3. The Bertz CT molecular complexity index is 909. The molecule has 1 aliphatic rings. The molecule has 26 heavy (non-hydrogen) atoms. The highest BCUT2D eigenvalue weighted by atomic mass is 32.1. The van der Waals surface area contributed by atoms with Gasteiger partial charge in [-0.15, -0.1) is 11.3 Å². The van der Waals surface area contributed by atoms with Gasteiger partial charge in [0, 0.05) is 36.0 Å². The average molecular weight is 369 g/mol. The van der Waals surface area contributed by atoms with Crippen LogP contribution in [0.25, 0.3) is 21.6 Å². The number of nitrogens with one attached hydrogen (secondary N) is 1. The molecule has 3 aromatic rings. The molecule has 136 valence electrons. The molecule has 0 saturated carbocycles. The first-order chi connectivity index (χ1) is 12.7. The summed E-state index contributed by atoms with van der Waals surface area (Å²) in [6, 6.07) is 4.11. The zero-order valence-electron chi connectivity index (χ0n) is 15.5. The van der Waals surface area contributed by atoms with E-state index in [1.54, 1.807) is 13.3 Å². The first-order valence-corrected chi connectivity index (χ1v) is 9.95. The number of thiophene rings is 1. The summed E-state index contributed by atoms with van der Waals surface area (Å²) < 4.78 is 5.30. The zero-order chi connectivity index (χ0) is 18.1. The zero-order valence-corrected chi connectivity index (χ0v) is 16.3. The molecule has 3 heterocycles. The molecule has 0 bridgehead atoms. The lowest BCUT2D eigenvalue weighted by Gasteiger charge is -2.19. The van der Waals surface area contributed by atoms with Gasteiger partial charge in [0.15, 0.2) is 5.82 Å². The van der Waals surface area contributed by atoms with Crippen LogP contribution in [-0.4, -0.2) is 34.7 Å². The van der Waals surface area contributed by atoms with Gasteiger partial charge >= 0.3 is 0 Å². The van der Waals surface area contributed by atoms with Crippen molar-refractivity contribution in [3.63, 3.8) is 0 Å². The third-order valence-electron chi connectivity index (χ3n) is 4.87. The van der Waals surface area contributed by atoms with Gasteiger partial charge in [0.25, 0.3) is 0 Å². The third kappa shape index (κ3) is 3.31. The fourth-order valence-corrected chi connectivity index (χ4v) is 4.98. The standard InChI is InChI=1S/C20H24N4OS/c1-12-6-7-15-16(9-12)26-20-17(15)19(22-13(2)11-25-3)23-18(24-20)14-5-4-8-21-10-14/h4-5,8,10,12-13H,6-7,9,11H2,1-3H3,(H,22,23,24)/t12-,13+/m0/s1. The van der Waals surface area contributed by atoms with E-state index in [2.05, 4.69) is 24.1 Å².